The van der Waals surface area contributed by atoms with E-state index in [1.807, 2.05) is 13.1 Å². The van der Waals surface area contributed by atoms with Crippen LogP contribution in [0.5, 0.6) is 0 Å². The van der Waals surface area contributed by atoms with Crippen molar-refractivity contribution in [3.05, 3.63) is 35.9 Å². The lowest BCUT2D eigenvalue weighted by molar-refractivity contribution is 0.115. The number of rotatable bonds is 3. The zero-order valence-electron chi connectivity index (χ0n) is 9.98. The maximum atomic E-state index is 9.99. The van der Waals surface area contributed by atoms with Crippen molar-refractivity contribution < 1.29 is 5.11 Å². The van der Waals surface area contributed by atoms with Crippen molar-refractivity contribution in [2.75, 3.05) is 20.1 Å². The summed E-state index contributed by atoms with van der Waals surface area (Å²) in [6.45, 7) is 4.61. The molecule has 0 bridgehead atoms. The van der Waals surface area contributed by atoms with Gasteiger partial charge in [0.2, 0.25) is 0 Å². The van der Waals surface area contributed by atoms with Crippen LogP contribution in [-0.4, -0.2) is 41.8 Å². The first kappa shape index (κ1) is 11.6. The summed E-state index contributed by atoms with van der Waals surface area (Å²) in [5, 5.41) is 13.2. The van der Waals surface area contributed by atoms with E-state index < -0.39 is 0 Å². The van der Waals surface area contributed by atoms with Crippen LogP contribution in [0.25, 0.3) is 0 Å². The zero-order chi connectivity index (χ0) is 11.6. The van der Waals surface area contributed by atoms with Gasteiger partial charge in [0.25, 0.3) is 0 Å². The van der Waals surface area contributed by atoms with Gasteiger partial charge >= 0.3 is 0 Å². The third-order valence-electron chi connectivity index (χ3n) is 3.54. The predicted octanol–water partition coefficient (Wildman–Crippen LogP) is 0.841. The van der Waals surface area contributed by atoms with Crippen LogP contribution in [0.3, 0.4) is 0 Å². The van der Waals surface area contributed by atoms with Crippen LogP contribution in [0.15, 0.2) is 30.3 Å². The van der Waals surface area contributed by atoms with Crippen LogP contribution in [0.2, 0.25) is 0 Å². The second kappa shape index (κ2) is 4.53. The number of likely N-dealkylation sites (N-methyl/N-ethyl adjacent to an activating group) is 1. The number of aliphatic hydroxyl groups excluding tert-OH is 1. The van der Waals surface area contributed by atoms with Gasteiger partial charge in [-0.15, -0.1) is 0 Å². The second-order valence-electron chi connectivity index (χ2n) is 4.84. The third kappa shape index (κ3) is 2.26. The summed E-state index contributed by atoms with van der Waals surface area (Å²) in [6, 6.07) is 10.4. The molecule has 2 rings (SSSR count). The third-order valence-corrected chi connectivity index (χ3v) is 3.54. The SMILES string of the molecule is CNC1(C)CN(Cc2ccccc2)CC1O. The molecule has 3 nitrogen and oxygen atoms in total. The van der Waals surface area contributed by atoms with Gasteiger partial charge in [0, 0.05) is 19.6 Å². The van der Waals surface area contributed by atoms with Crippen LogP contribution in [-0.2, 0) is 6.54 Å². The monoisotopic (exact) mass is 220 g/mol. The molecule has 1 aromatic carbocycles. The summed E-state index contributed by atoms with van der Waals surface area (Å²) in [4.78, 5) is 2.29. The zero-order valence-corrected chi connectivity index (χ0v) is 9.98. The molecule has 0 amide bonds. The smallest absolute Gasteiger partial charge is 0.0858 e. The van der Waals surface area contributed by atoms with Gasteiger partial charge in [-0.05, 0) is 19.5 Å². The van der Waals surface area contributed by atoms with Gasteiger partial charge in [-0.1, -0.05) is 30.3 Å². The lowest BCUT2D eigenvalue weighted by Crippen LogP contribution is -2.50. The van der Waals surface area contributed by atoms with Gasteiger partial charge < -0.3 is 10.4 Å². The lowest BCUT2D eigenvalue weighted by Gasteiger charge is -2.26. The highest BCUT2D eigenvalue weighted by atomic mass is 16.3. The minimum Gasteiger partial charge on any atom is -0.390 e. The summed E-state index contributed by atoms with van der Waals surface area (Å²) in [5.41, 5.74) is 1.13. The van der Waals surface area contributed by atoms with Crippen LogP contribution >= 0.6 is 0 Å². The van der Waals surface area contributed by atoms with Crippen LogP contribution in [0.4, 0.5) is 0 Å². The number of nitrogens with one attached hydrogen (secondary N) is 1. The Kier molecular flexibility index (Phi) is 3.28. The Hall–Kier alpha value is -0.900. The minimum atomic E-state index is -0.291. The second-order valence-corrected chi connectivity index (χ2v) is 4.84. The molecule has 2 atom stereocenters. The average Bonchev–Trinajstić information content (AvgIpc) is 2.56. The molecule has 88 valence electrons. The van der Waals surface area contributed by atoms with Gasteiger partial charge in [0.15, 0.2) is 0 Å². The van der Waals surface area contributed by atoms with Crippen molar-refractivity contribution in [1.29, 1.82) is 0 Å². The topological polar surface area (TPSA) is 35.5 Å². The van der Waals surface area contributed by atoms with E-state index in [1.54, 1.807) is 0 Å². The Morgan fingerprint density at radius 2 is 2.12 bits per heavy atom. The Bertz CT molecular complexity index is 341. The number of hydrogen-bond donors (Lipinski definition) is 2. The molecule has 0 saturated carbocycles. The molecule has 3 heteroatoms. The van der Waals surface area contributed by atoms with Gasteiger partial charge in [-0.25, -0.2) is 0 Å². The van der Waals surface area contributed by atoms with E-state index in [-0.39, 0.29) is 11.6 Å². The number of β-amino-alcohol motifs (C(OH)–C–C–N with tert-alkyl or cyclic N) is 1. The summed E-state index contributed by atoms with van der Waals surface area (Å²) < 4.78 is 0. The highest BCUT2D eigenvalue weighted by Crippen LogP contribution is 2.22. The molecule has 1 aromatic rings. The van der Waals surface area contributed by atoms with Gasteiger partial charge in [-0.2, -0.15) is 0 Å². The van der Waals surface area contributed by atoms with Crippen LogP contribution in [0.1, 0.15) is 12.5 Å². The number of hydrogen-bond acceptors (Lipinski definition) is 3. The Balaban J connectivity index is 1.99. The van der Waals surface area contributed by atoms with E-state index in [4.69, 9.17) is 0 Å². The molecule has 0 aromatic heterocycles. The first-order chi connectivity index (χ1) is 7.64. The van der Waals surface area contributed by atoms with Crippen molar-refractivity contribution >= 4 is 0 Å². The molecule has 0 aliphatic carbocycles. The van der Waals surface area contributed by atoms with E-state index in [0.29, 0.717) is 0 Å². The van der Waals surface area contributed by atoms with Gasteiger partial charge in [-0.3, -0.25) is 4.90 Å². The average molecular weight is 220 g/mol. The molecule has 16 heavy (non-hydrogen) atoms. The molecule has 1 saturated heterocycles. The molecule has 0 radical (unpaired) electrons. The van der Waals surface area contributed by atoms with Crippen molar-refractivity contribution in [2.45, 2.75) is 25.1 Å². The summed E-state index contributed by atoms with van der Waals surface area (Å²) >= 11 is 0. The van der Waals surface area contributed by atoms with Crippen LogP contribution in [0, 0.1) is 0 Å². The summed E-state index contributed by atoms with van der Waals surface area (Å²) in [7, 11) is 1.91. The molecule has 1 heterocycles. The lowest BCUT2D eigenvalue weighted by atomic mass is 9.99. The summed E-state index contributed by atoms with van der Waals surface area (Å²) in [6.07, 6.45) is -0.291. The summed E-state index contributed by atoms with van der Waals surface area (Å²) in [5.74, 6) is 0. The maximum Gasteiger partial charge on any atom is 0.0858 e. The highest BCUT2D eigenvalue weighted by molar-refractivity contribution is 5.15. The number of likely N-dealkylation sites (tertiary alicyclic amines) is 1. The number of aliphatic hydroxyl groups is 1. The molecule has 0 spiro atoms. The van der Waals surface area contributed by atoms with Crippen molar-refractivity contribution in [3.63, 3.8) is 0 Å². The van der Waals surface area contributed by atoms with E-state index in [1.165, 1.54) is 5.56 Å². The normalized spacial score (nSPS) is 30.8. The fourth-order valence-electron chi connectivity index (χ4n) is 2.29. The predicted molar refractivity (Wildman–Crippen MR) is 65.2 cm³/mol. The van der Waals surface area contributed by atoms with Gasteiger partial charge in [0.05, 0.1) is 11.6 Å². The van der Waals surface area contributed by atoms with E-state index in [9.17, 15) is 5.11 Å². The fourth-order valence-corrected chi connectivity index (χ4v) is 2.29. The first-order valence-corrected chi connectivity index (χ1v) is 5.77. The van der Waals surface area contributed by atoms with Crippen molar-refractivity contribution in [2.24, 2.45) is 0 Å². The van der Waals surface area contributed by atoms with Crippen LogP contribution < -0.4 is 5.32 Å². The van der Waals surface area contributed by atoms with Gasteiger partial charge in [0.1, 0.15) is 0 Å². The van der Waals surface area contributed by atoms with E-state index in [2.05, 4.69) is 41.4 Å². The Morgan fingerprint density at radius 3 is 2.69 bits per heavy atom. The molecule has 2 N–H and O–H groups in total. The quantitative estimate of drug-likeness (QED) is 0.792. The largest absolute Gasteiger partial charge is 0.390 e. The first-order valence-electron chi connectivity index (χ1n) is 5.77. The molecule has 1 aliphatic rings. The number of nitrogens with zero attached hydrogens (tertiary/aromatic N) is 1. The van der Waals surface area contributed by atoms with E-state index in [0.717, 1.165) is 19.6 Å². The molecule has 1 aliphatic heterocycles. The fraction of sp³-hybridized carbons (Fsp3) is 0.538. The Labute approximate surface area is 97.1 Å². The molecular weight excluding hydrogens is 200 g/mol. The molecular formula is C13H20N2O. The highest BCUT2D eigenvalue weighted by Gasteiger charge is 2.40. The van der Waals surface area contributed by atoms with Crippen molar-refractivity contribution in [1.82, 2.24) is 10.2 Å². The Morgan fingerprint density at radius 1 is 1.44 bits per heavy atom. The van der Waals surface area contributed by atoms with E-state index >= 15 is 0 Å². The number of benzene rings is 1. The maximum absolute atomic E-state index is 9.99. The minimum absolute atomic E-state index is 0.172. The van der Waals surface area contributed by atoms with Crippen molar-refractivity contribution in [3.8, 4) is 0 Å². The molecule has 2 unspecified atom stereocenters. The molecule has 1 fully saturated rings. The standard InChI is InChI=1S/C13H20N2O/c1-13(14-2)10-15(9-12(13)16)8-11-6-4-3-5-7-11/h3-7,12,14,16H,8-10H2,1-2H3.